The molecule has 5 heteroatoms. The summed E-state index contributed by atoms with van der Waals surface area (Å²) in [5.74, 6) is 1.53. The molecule has 2 aromatic carbocycles. The van der Waals surface area contributed by atoms with Gasteiger partial charge in [-0.05, 0) is 40.6 Å². The van der Waals surface area contributed by atoms with Gasteiger partial charge in [0.15, 0.2) is 5.82 Å². The second kappa shape index (κ2) is 5.52. The van der Waals surface area contributed by atoms with Crippen LogP contribution in [0.15, 0.2) is 48.5 Å². The molecule has 0 spiro atoms. The zero-order valence-electron chi connectivity index (χ0n) is 11.1. The first-order chi connectivity index (χ1) is 9.88. The van der Waals surface area contributed by atoms with Crippen molar-refractivity contribution in [2.24, 2.45) is 0 Å². The highest BCUT2D eigenvalue weighted by molar-refractivity contribution is 5.80. The number of nitrogens with one attached hydrogen (secondary N) is 1. The van der Waals surface area contributed by atoms with Gasteiger partial charge in [0.2, 0.25) is 0 Å². The highest BCUT2D eigenvalue weighted by Crippen LogP contribution is 2.30. The van der Waals surface area contributed by atoms with Crippen LogP contribution in [0.4, 0.5) is 0 Å². The van der Waals surface area contributed by atoms with Crippen LogP contribution in [-0.2, 0) is 0 Å². The largest absolute Gasteiger partial charge is 0.494 e. The molecule has 5 nitrogen and oxygen atoms in total. The third-order valence-electron chi connectivity index (χ3n) is 3.00. The lowest BCUT2D eigenvalue weighted by molar-refractivity contribution is 0.340. The summed E-state index contributed by atoms with van der Waals surface area (Å²) in [6.45, 7) is 2.64. The van der Waals surface area contributed by atoms with E-state index in [9.17, 15) is 0 Å². The summed E-state index contributed by atoms with van der Waals surface area (Å²) in [4.78, 5) is 0. The summed E-state index contributed by atoms with van der Waals surface area (Å²) >= 11 is 0. The van der Waals surface area contributed by atoms with Crippen LogP contribution < -0.4 is 4.74 Å². The molecule has 0 atom stereocenters. The van der Waals surface area contributed by atoms with Gasteiger partial charge in [-0.1, -0.05) is 36.4 Å². The highest BCUT2D eigenvalue weighted by atomic mass is 16.5. The first-order valence-electron chi connectivity index (χ1n) is 6.45. The maximum atomic E-state index is 5.46. The van der Waals surface area contributed by atoms with E-state index in [2.05, 4.69) is 20.6 Å². The number of hydrogen-bond acceptors (Lipinski definition) is 4. The minimum atomic E-state index is 0.662. The molecule has 3 aromatic rings. The number of aromatic amines is 1. The average Bonchev–Trinajstić information content (AvgIpc) is 3.03. The van der Waals surface area contributed by atoms with Crippen molar-refractivity contribution in [1.82, 2.24) is 20.6 Å². The molecule has 100 valence electrons. The van der Waals surface area contributed by atoms with E-state index in [1.165, 1.54) is 0 Å². The molecule has 0 amide bonds. The molecule has 1 heterocycles. The normalized spacial score (nSPS) is 10.4. The molecule has 0 saturated heterocycles. The van der Waals surface area contributed by atoms with Crippen molar-refractivity contribution in [2.45, 2.75) is 6.92 Å². The Morgan fingerprint density at radius 1 is 1.00 bits per heavy atom. The van der Waals surface area contributed by atoms with Gasteiger partial charge in [-0.3, -0.25) is 0 Å². The molecule has 0 aliphatic carbocycles. The number of ether oxygens (including phenoxy) is 1. The number of H-pyrrole nitrogens is 1. The number of hydrogen-bond donors (Lipinski definition) is 1. The van der Waals surface area contributed by atoms with Crippen LogP contribution in [0.1, 0.15) is 6.92 Å². The van der Waals surface area contributed by atoms with Gasteiger partial charge >= 0.3 is 0 Å². The number of aromatic nitrogens is 4. The molecule has 0 aliphatic rings. The molecule has 0 unspecified atom stereocenters. The Labute approximate surface area is 116 Å². The van der Waals surface area contributed by atoms with Gasteiger partial charge in [0.1, 0.15) is 5.75 Å². The van der Waals surface area contributed by atoms with Crippen molar-refractivity contribution in [2.75, 3.05) is 6.61 Å². The number of nitrogens with zero attached hydrogens (tertiary/aromatic N) is 3. The van der Waals surface area contributed by atoms with Crippen LogP contribution in [0.25, 0.3) is 22.5 Å². The Bertz CT molecular complexity index is 677. The van der Waals surface area contributed by atoms with Crippen molar-refractivity contribution in [3.63, 3.8) is 0 Å². The van der Waals surface area contributed by atoms with E-state index in [4.69, 9.17) is 4.74 Å². The maximum Gasteiger partial charge on any atom is 0.180 e. The third kappa shape index (κ3) is 2.38. The van der Waals surface area contributed by atoms with Crippen LogP contribution in [0.5, 0.6) is 5.75 Å². The van der Waals surface area contributed by atoms with Gasteiger partial charge in [0.05, 0.1) is 6.61 Å². The standard InChI is InChI=1S/C15H14N4O/c1-2-20-12-9-7-11(8-10-12)13-5-3-4-6-14(13)15-16-18-19-17-15/h3-10H,2H2,1H3,(H,16,17,18,19). The van der Waals surface area contributed by atoms with Gasteiger partial charge in [0.25, 0.3) is 0 Å². The Morgan fingerprint density at radius 2 is 1.75 bits per heavy atom. The van der Waals surface area contributed by atoms with E-state index >= 15 is 0 Å². The minimum absolute atomic E-state index is 0.662. The number of rotatable bonds is 4. The molecule has 1 aromatic heterocycles. The van der Waals surface area contributed by atoms with Crippen molar-refractivity contribution >= 4 is 0 Å². The predicted molar refractivity (Wildman–Crippen MR) is 76.2 cm³/mol. The molecule has 0 bridgehead atoms. The van der Waals surface area contributed by atoms with Gasteiger partial charge in [-0.15, -0.1) is 5.10 Å². The monoisotopic (exact) mass is 266 g/mol. The lowest BCUT2D eigenvalue weighted by Crippen LogP contribution is -1.91. The molecule has 0 fully saturated rings. The van der Waals surface area contributed by atoms with Gasteiger partial charge in [-0.2, -0.15) is 0 Å². The van der Waals surface area contributed by atoms with E-state index in [-0.39, 0.29) is 0 Å². The first kappa shape index (κ1) is 12.3. The summed E-state index contributed by atoms with van der Waals surface area (Å²) in [6, 6.07) is 16.0. The number of benzene rings is 2. The summed E-state index contributed by atoms with van der Waals surface area (Å²) in [6.07, 6.45) is 0. The fourth-order valence-corrected chi connectivity index (χ4v) is 2.11. The fraction of sp³-hybridized carbons (Fsp3) is 0.133. The van der Waals surface area contributed by atoms with Crippen molar-refractivity contribution in [3.05, 3.63) is 48.5 Å². The summed E-state index contributed by atoms with van der Waals surface area (Å²) < 4.78 is 5.46. The molecule has 1 N–H and O–H groups in total. The first-order valence-corrected chi connectivity index (χ1v) is 6.45. The van der Waals surface area contributed by atoms with Crippen LogP contribution in [0.2, 0.25) is 0 Å². The van der Waals surface area contributed by atoms with Crippen molar-refractivity contribution < 1.29 is 4.74 Å². The molecule has 0 radical (unpaired) electrons. The summed E-state index contributed by atoms with van der Waals surface area (Å²) in [7, 11) is 0. The van der Waals surface area contributed by atoms with E-state index in [1.807, 2.05) is 55.5 Å². The van der Waals surface area contributed by atoms with Crippen LogP contribution >= 0.6 is 0 Å². The third-order valence-corrected chi connectivity index (χ3v) is 3.00. The second-order valence-electron chi connectivity index (χ2n) is 4.25. The van der Waals surface area contributed by atoms with E-state index in [0.29, 0.717) is 12.4 Å². The molecular weight excluding hydrogens is 252 g/mol. The second-order valence-corrected chi connectivity index (χ2v) is 4.25. The Kier molecular flexibility index (Phi) is 3.41. The Hall–Kier alpha value is -2.69. The van der Waals surface area contributed by atoms with E-state index < -0.39 is 0 Å². The van der Waals surface area contributed by atoms with Crippen molar-refractivity contribution in [3.8, 4) is 28.3 Å². The molecule has 20 heavy (non-hydrogen) atoms. The van der Waals surface area contributed by atoms with Crippen molar-refractivity contribution in [1.29, 1.82) is 0 Å². The highest BCUT2D eigenvalue weighted by Gasteiger charge is 2.09. The van der Waals surface area contributed by atoms with Gasteiger partial charge < -0.3 is 4.74 Å². The van der Waals surface area contributed by atoms with Gasteiger partial charge in [0, 0.05) is 5.56 Å². The molecule has 0 aliphatic heterocycles. The quantitative estimate of drug-likeness (QED) is 0.788. The number of tetrazole rings is 1. The summed E-state index contributed by atoms with van der Waals surface area (Å²) in [5.41, 5.74) is 3.15. The minimum Gasteiger partial charge on any atom is -0.494 e. The predicted octanol–water partition coefficient (Wildman–Crippen LogP) is 2.93. The van der Waals surface area contributed by atoms with E-state index in [0.717, 1.165) is 22.4 Å². The van der Waals surface area contributed by atoms with Crippen LogP contribution in [-0.4, -0.2) is 27.2 Å². The zero-order valence-corrected chi connectivity index (χ0v) is 11.1. The molecule has 3 rings (SSSR count). The van der Waals surface area contributed by atoms with E-state index in [1.54, 1.807) is 0 Å². The Morgan fingerprint density at radius 3 is 2.40 bits per heavy atom. The topological polar surface area (TPSA) is 63.7 Å². The van der Waals surface area contributed by atoms with Crippen LogP contribution in [0.3, 0.4) is 0 Å². The zero-order chi connectivity index (χ0) is 13.8. The Balaban J connectivity index is 2.02. The maximum absolute atomic E-state index is 5.46. The lowest BCUT2D eigenvalue weighted by atomic mass is 9.99. The SMILES string of the molecule is CCOc1ccc(-c2ccccc2-c2nnn[nH]2)cc1. The van der Waals surface area contributed by atoms with Crippen LogP contribution in [0, 0.1) is 0 Å². The lowest BCUT2D eigenvalue weighted by Gasteiger charge is -2.08. The molecular formula is C15H14N4O. The summed E-state index contributed by atoms with van der Waals surface area (Å²) in [5, 5.41) is 14.0. The fourth-order valence-electron chi connectivity index (χ4n) is 2.11. The van der Waals surface area contributed by atoms with Gasteiger partial charge in [-0.25, -0.2) is 5.10 Å². The smallest absolute Gasteiger partial charge is 0.180 e. The average molecular weight is 266 g/mol. The molecule has 0 saturated carbocycles.